The largest absolute Gasteiger partial charge is 0.508 e. The molecule has 26 heteroatoms. The van der Waals surface area contributed by atoms with E-state index in [0.29, 0.717) is 28.5 Å². The normalized spacial score (nSPS) is 14.9. The Balaban J connectivity index is 1.88. The first-order valence-electron chi connectivity index (χ1n) is 22.8. The zero-order chi connectivity index (χ0) is 53.8. The second-order valence-electron chi connectivity index (χ2n) is 17.3. The van der Waals surface area contributed by atoms with Crippen LogP contribution in [0.15, 0.2) is 54.7 Å². The van der Waals surface area contributed by atoms with E-state index < -0.39 is 139 Å². The topological polar surface area (TPSA) is 444 Å². The number of aliphatic carboxylic acids is 3. The number of unbranched alkanes of at least 4 members (excludes halogenated alkanes) is 1. The lowest BCUT2D eigenvalue weighted by Gasteiger charge is -2.29. The highest BCUT2D eigenvalue weighted by Gasteiger charge is 2.37. The van der Waals surface area contributed by atoms with Crippen molar-refractivity contribution in [1.82, 2.24) is 42.2 Å². The molecule has 0 saturated heterocycles. The molecule has 9 atom stereocenters. The average molecular weight is 1010 g/mol. The van der Waals surface area contributed by atoms with Crippen molar-refractivity contribution in [2.75, 3.05) is 13.2 Å². The van der Waals surface area contributed by atoms with Crippen LogP contribution in [0, 0.1) is 5.92 Å². The number of aliphatic hydroxyl groups is 2. The highest BCUT2D eigenvalue weighted by Crippen LogP contribution is 2.20. The number of rotatable bonds is 30. The molecule has 72 heavy (non-hydrogen) atoms. The van der Waals surface area contributed by atoms with Gasteiger partial charge in [0.05, 0.1) is 31.6 Å². The van der Waals surface area contributed by atoms with Crippen molar-refractivity contribution in [2.24, 2.45) is 17.4 Å². The molecule has 0 aliphatic rings. The highest BCUT2D eigenvalue weighted by atomic mass is 16.4. The van der Waals surface area contributed by atoms with Crippen LogP contribution in [0.2, 0.25) is 0 Å². The van der Waals surface area contributed by atoms with Gasteiger partial charge in [0.25, 0.3) is 0 Å². The number of phenolic OH excluding ortho intramolecular Hbond substituents is 1. The third-order valence-corrected chi connectivity index (χ3v) is 11.2. The molecule has 3 aromatic rings. The maximum absolute atomic E-state index is 14.2. The fourth-order valence-corrected chi connectivity index (χ4v) is 7.21. The number of fused-ring (bicyclic) bond motifs is 1. The molecule has 0 bridgehead atoms. The molecule has 394 valence electrons. The minimum atomic E-state index is -1.86. The molecular weight excluding hydrogens is 949 g/mol. The van der Waals surface area contributed by atoms with E-state index in [9.17, 15) is 73.5 Å². The van der Waals surface area contributed by atoms with E-state index in [4.69, 9.17) is 16.6 Å². The number of para-hydroxylation sites is 1. The van der Waals surface area contributed by atoms with Gasteiger partial charge in [-0.2, -0.15) is 0 Å². The van der Waals surface area contributed by atoms with Gasteiger partial charge in [0.2, 0.25) is 41.4 Å². The Hall–Kier alpha value is -7.68. The number of aromatic amines is 1. The average Bonchev–Trinajstić information content (AvgIpc) is 3.72. The molecule has 1 aromatic heterocycles. The molecular formula is C46H64N10O16. The second kappa shape index (κ2) is 28.2. The van der Waals surface area contributed by atoms with Crippen molar-refractivity contribution in [3.05, 3.63) is 65.9 Å². The summed E-state index contributed by atoms with van der Waals surface area (Å²) in [4.78, 5) is 133. The number of nitrogens with one attached hydrogen (secondary N) is 8. The van der Waals surface area contributed by atoms with Crippen LogP contribution in [0.5, 0.6) is 5.75 Å². The van der Waals surface area contributed by atoms with Crippen LogP contribution in [-0.2, 0) is 60.8 Å². The van der Waals surface area contributed by atoms with Crippen LogP contribution in [0.25, 0.3) is 10.9 Å². The van der Waals surface area contributed by atoms with Gasteiger partial charge in [-0.15, -0.1) is 0 Å². The minimum Gasteiger partial charge on any atom is -0.508 e. The van der Waals surface area contributed by atoms with Gasteiger partial charge in [-0.3, -0.25) is 43.2 Å². The molecule has 3 rings (SSSR count). The molecule has 0 saturated carbocycles. The van der Waals surface area contributed by atoms with Crippen LogP contribution in [-0.4, -0.2) is 162 Å². The molecule has 2 aromatic carbocycles. The Morgan fingerprint density at radius 2 is 1.11 bits per heavy atom. The number of carboxylic acid groups (broad SMARTS) is 3. The Kier molecular flexibility index (Phi) is 23.0. The SMILES string of the molecule is CC(C)[C@H](NC(=O)[C@@H](NC(=O)[C@H](CO)NC(=O)[C@H](Cc1c[nH]c2ccccc12)NC(=O)[C@H](Cc1ccc(O)cc1)NC(=O)[C@@H](N)CC(=O)O)[C@@H](C)O)C(=O)N[C@@H](CCCCN)C(=O)N[C@@H](CC(=O)O)C(=O)O. The lowest BCUT2D eigenvalue weighted by atomic mass is 10.0. The highest BCUT2D eigenvalue weighted by molar-refractivity contribution is 5.98. The summed E-state index contributed by atoms with van der Waals surface area (Å²) < 4.78 is 0. The number of amides is 7. The number of nitrogens with two attached hydrogens (primary N) is 2. The Labute approximate surface area is 412 Å². The standard InChI is InChI=1S/C46H64N10O16/c1-22(2)37(44(69)50-30(10-6-7-15-47)40(65)53-33(46(71)72)19-36(62)63)55-45(70)38(23(3)58)56-43(68)34(21-57)54-42(67)32(17-25-20-49-29-9-5-4-8-27(25)29)52-41(66)31(16-24-11-13-26(59)14-12-24)51-39(64)28(48)18-35(60)61/h4-5,8-9,11-14,20,22-23,28,30-34,37-38,49,57-59H,6-7,10,15-19,21,47-48H2,1-3H3,(H,50,69)(H,51,64)(H,52,66)(H,53,65)(H,54,67)(H,55,70)(H,56,68)(H,60,61)(H,62,63)(H,71,72)/t23-,28+,30+,31+,32+,33+,34+,37+,38+/m1/s1. The van der Waals surface area contributed by atoms with E-state index in [-0.39, 0.29) is 38.0 Å². The fraction of sp³-hybridized carbons (Fsp3) is 0.478. The number of hydrogen-bond acceptors (Lipinski definition) is 15. The first-order valence-corrected chi connectivity index (χ1v) is 22.8. The molecule has 0 fully saturated rings. The van der Waals surface area contributed by atoms with E-state index in [1.54, 1.807) is 30.5 Å². The molecule has 0 aliphatic carbocycles. The van der Waals surface area contributed by atoms with Crippen LogP contribution in [0.1, 0.15) is 64.0 Å². The van der Waals surface area contributed by atoms with E-state index >= 15 is 0 Å². The van der Waals surface area contributed by atoms with Crippen LogP contribution in [0.4, 0.5) is 0 Å². The van der Waals surface area contributed by atoms with Gasteiger partial charge in [0, 0.05) is 29.9 Å². The van der Waals surface area contributed by atoms with E-state index in [1.165, 1.54) is 38.1 Å². The number of carboxylic acids is 3. The predicted octanol–water partition coefficient (Wildman–Crippen LogP) is -3.43. The fourth-order valence-electron chi connectivity index (χ4n) is 7.21. The van der Waals surface area contributed by atoms with Crippen LogP contribution < -0.4 is 48.7 Å². The lowest BCUT2D eigenvalue weighted by Crippen LogP contribution is -2.63. The molecule has 0 spiro atoms. The smallest absolute Gasteiger partial charge is 0.326 e. The number of carbonyl (C=O) groups excluding carboxylic acids is 7. The first kappa shape index (κ1) is 58.6. The Morgan fingerprint density at radius 1 is 0.597 bits per heavy atom. The quantitative estimate of drug-likeness (QED) is 0.0289. The van der Waals surface area contributed by atoms with Gasteiger partial charge in [0.15, 0.2) is 0 Å². The van der Waals surface area contributed by atoms with Gasteiger partial charge in [-0.05, 0) is 68.0 Å². The van der Waals surface area contributed by atoms with Crippen molar-refractivity contribution in [3.63, 3.8) is 0 Å². The van der Waals surface area contributed by atoms with E-state index in [1.807, 2.05) is 0 Å². The molecule has 26 nitrogen and oxygen atoms in total. The number of carbonyl (C=O) groups is 10. The monoisotopic (exact) mass is 1010 g/mol. The summed E-state index contributed by atoms with van der Waals surface area (Å²) in [6.45, 7) is 3.25. The summed E-state index contributed by atoms with van der Waals surface area (Å²) in [5, 5.41) is 75.8. The Morgan fingerprint density at radius 3 is 1.68 bits per heavy atom. The summed E-state index contributed by atoms with van der Waals surface area (Å²) >= 11 is 0. The maximum atomic E-state index is 14.2. The summed E-state index contributed by atoms with van der Waals surface area (Å²) in [5.74, 6) is -12.8. The van der Waals surface area contributed by atoms with Gasteiger partial charge in [-0.1, -0.05) is 44.2 Å². The molecule has 0 radical (unpaired) electrons. The van der Waals surface area contributed by atoms with Crippen LogP contribution in [0.3, 0.4) is 0 Å². The van der Waals surface area contributed by atoms with Crippen molar-refractivity contribution in [1.29, 1.82) is 0 Å². The number of H-pyrrole nitrogens is 1. The van der Waals surface area contributed by atoms with Crippen molar-refractivity contribution in [3.8, 4) is 5.75 Å². The molecule has 1 heterocycles. The van der Waals surface area contributed by atoms with E-state index in [0.717, 1.165) is 6.92 Å². The summed E-state index contributed by atoms with van der Waals surface area (Å²) in [6, 6.07) is -0.592. The third-order valence-electron chi connectivity index (χ3n) is 11.2. The number of benzene rings is 2. The number of hydrogen-bond donors (Lipinski definition) is 16. The predicted molar refractivity (Wildman–Crippen MR) is 254 cm³/mol. The third kappa shape index (κ3) is 18.2. The maximum Gasteiger partial charge on any atom is 0.326 e. The van der Waals surface area contributed by atoms with E-state index in [2.05, 4.69) is 42.2 Å². The van der Waals surface area contributed by atoms with Crippen molar-refractivity contribution < 1.29 is 78.6 Å². The molecule has 7 amide bonds. The van der Waals surface area contributed by atoms with Crippen LogP contribution >= 0.6 is 0 Å². The number of aromatic nitrogens is 1. The van der Waals surface area contributed by atoms with Gasteiger partial charge >= 0.3 is 17.9 Å². The molecule has 0 unspecified atom stereocenters. The zero-order valence-corrected chi connectivity index (χ0v) is 39.8. The number of phenols is 1. The Bertz CT molecular complexity index is 2390. The van der Waals surface area contributed by atoms with Gasteiger partial charge in [-0.25, -0.2) is 4.79 Å². The summed E-state index contributed by atoms with van der Waals surface area (Å²) in [5.41, 5.74) is 12.9. The molecule has 0 aliphatic heterocycles. The summed E-state index contributed by atoms with van der Waals surface area (Å²) in [7, 11) is 0. The van der Waals surface area contributed by atoms with Crippen molar-refractivity contribution in [2.45, 2.75) is 120 Å². The van der Waals surface area contributed by atoms with Crippen molar-refractivity contribution >= 4 is 70.2 Å². The van der Waals surface area contributed by atoms with Gasteiger partial charge in [0.1, 0.15) is 48.0 Å². The minimum absolute atomic E-state index is 0.0693. The number of aliphatic hydroxyl groups excluding tert-OH is 2. The lowest BCUT2D eigenvalue weighted by molar-refractivity contribution is -0.147. The molecule has 18 N–H and O–H groups in total. The second-order valence-corrected chi connectivity index (χ2v) is 17.3. The van der Waals surface area contributed by atoms with Gasteiger partial charge < -0.3 is 84.3 Å². The number of aromatic hydroxyl groups is 1. The zero-order valence-electron chi connectivity index (χ0n) is 39.8. The summed E-state index contributed by atoms with van der Waals surface area (Å²) in [6.07, 6.45) is -1.78. The first-order chi connectivity index (χ1) is 33.9.